The molecular formula is C21H18O. The molecule has 0 fully saturated rings. The van der Waals surface area contributed by atoms with E-state index >= 15 is 0 Å². The van der Waals surface area contributed by atoms with Gasteiger partial charge in [-0.1, -0.05) is 72.8 Å². The summed E-state index contributed by atoms with van der Waals surface area (Å²) in [5.41, 5.74) is 3.95. The molecule has 4 rings (SSSR count). The minimum absolute atomic E-state index is 0.160. The van der Waals surface area contributed by atoms with Crippen LogP contribution in [0.4, 0.5) is 0 Å². The van der Waals surface area contributed by atoms with Crippen molar-refractivity contribution >= 4 is 16.3 Å². The molecule has 3 aromatic carbocycles. The molecule has 0 amide bonds. The van der Waals surface area contributed by atoms with Crippen molar-refractivity contribution in [2.24, 2.45) is 0 Å². The fourth-order valence-electron chi connectivity index (χ4n) is 3.11. The molecule has 1 unspecified atom stereocenters. The van der Waals surface area contributed by atoms with Gasteiger partial charge in [0, 0.05) is 6.42 Å². The van der Waals surface area contributed by atoms with E-state index in [1.807, 2.05) is 6.07 Å². The van der Waals surface area contributed by atoms with Crippen LogP contribution in [0.1, 0.15) is 23.7 Å². The standard InChI is InChI=1S/C21H18O/c1-2-7-17(8-3-1)21-15-20(12-13-22-21)19-11-10-16-6-4-5-9-18(16)14-19/h1-12,14,21H,13,15H2. The third-order valence-corrected chi connectivity index (χ3v) is 4.32. The van der Waals surface area contributed by atoms with Crippen LogP contribution in [-0.2, 0) is 4.74 Å². The molecule has 0 bridgehead atoms. The summed E-state index contributed by atoms with van der Waals surface area (Å²) in [6, 6.07) is 25.7. The minimum atomic E-state index is 0.160. The maximum absolute atomic E-state index is 5.93. The van der Waals surface area contributed by atoms with Crippen LogP contribution in [-0.4, -0.2) is 6.61 Å². The van der Waals surface area contributed by atoms with Gasteiger partial charge in [0.2, 0.25) is 0 Å². The number of rotatable bonds is 2. The van der Waals surface area contributed by atoms with Gasteiger partial charge in [-0.25, -0.2) is 0 Å². The van der Waals surface area contributed by atoms with Gasteiger partial charge in [0.05, 0.1) is 12.7 Å². The lowest BCUT2D eigenvalue weighted by Crippen LogP contribution is -2.10. The summed E-state index contributed by atoms with van der Waals surface area (Å²) in [6.45, 7) is 0.682. The molecule has 1 aliphatic heterocycles. The van der Waals surface area contributed by atoms with Gasteiger partial charge >= 0.3 is 0 Å². The molecule has 0 saturated heterocycles. The van der Waals surface area contributed by atoms with Crippen LogP contribution < -0.4 is 0 Å². The van der Waals surface area contributed by atoms with Gasteiger partial charge in [-0.2, -0.15) is 0 Å². The van der Waals surface area contributed by atoms with Gasteiger partial charge in [0.1, 0.15) is 0 Å². The molecule has 0 spiro atoms. The molecule has 22 heavy (non-hydrogen) atoms. The number of hydrogen-bond donors (Lipinski definition) is 0. The summed E-state index contributed by atoms with van der Waals surface area (Å²) < 4.78 is 5.93. The maximum Gasteiger partial charge on any atom is 0.0869 e. The Morgan fingerprint density at radius 1 is 0.773 bits per heavy atom. The van der Waals surface area contributed by atoms with Gasteiger partial charge in [-0.15, -0.1) is 0 Å². The fourth-order valence-corrected chi connectivity index (χ4v) is 3.11. The van der Waals surface area contributed by atoms with Crippen molar-refractivity contribution in [1.82, 2.24) is 0 Å². The van der Waals surface area contributed by atoms with Crippen LogP contribution in [0.2, 0.25) is 0 Å². The predicted molar refractivity (Wildman–Crippen MR) is 91.7 cm³/mol. The average Bonchev–Trinajstić information content (AvgIpc) is 2.62. The lowest BCUT2D eigenvalue weighted by molar-refractivity contribution is 0.0708. The van der Waals surface area contributed by atoms with Crippen molar-refractivity contribution in [3.05, 3.63) is 90.0 Å². The molecule has 1 nitrogen and oxygen atoms in total. The highest BCUT2D eigenvalue weighted by Crippen LogP contribution is 2.34. The predicted octanol–water partition coefficient (Wildman–Crippen LogP) is 5.38. The zero-order chi connectivity index (χ0) is 14.8. The Balaban J connectivity index is 1.65. The topological polar surface area (TPSA) is 9.23 Å². The zero-order valence-corrected chi connectivity index (χ0v) is 12.4. The highest BCUT2D eigenvalue weighted by Gasteiger charge is 2.18. The molecule has 1 atom stereocenters. The fraction of sp³-hybridized carbons (Fsp3) is 0.143. The second-order valence-corrected chi connectivity index (χ2v) is 5.73. The molecular weight excluding hydrogens is 268 g/mol. The third kappa shape index (κ3) is 2.56. The van der Waals surface area contributed by atoms with E-state index in [1.165, 1.54) is 27.5 Å². The lowest BCUT2D eigenvalue weighted by Gasteiger charge is -2.24. The van der Waals surface area contributed by atoms with Crippen LogP contribution in [0.25, 0.3) is 16.3 Å². The summed E-state index contributed by atoms with van der Waals surface area (Å²) in [7, 11) is 0. The highest BCUT2D eigenvalue weighted by molar-refractivity contribution is 5.86. The Kier molecular flexibility index (Phi) is 3.49. The van der Waals surface area contributed by atoms with Crippen LogP contribution in [0.15, 0.2) is 78.9 Å². The van der Waals surface area contributed by atoms with Crippen molar-refractivity contribution in [1.29, 1.82) is 0 Å². The molecule has 108 valence electrons. The summed E-state index contributed by atoms with van der Waals surface area (Å²) in [5.74, 6) is 0. The molecule has 0 aromatic heterocycles. The van der Waals surface area contributed by atoms with E-state index in [4.69, 9.17) is 4.74 Å². The number of fused-ring (bicyclic) bond motifs is 1. The van der Waals surface area contributed by atoms with Crippen LogP contribution >= 0.6 is 0 Å². The van der Waals surface area contributed by atoms with E-state index in [0.717, 1.165) is 6.42 Å². The number of hydrogen-bond acceptors (Lipinski definition) is 1. The first-order valence-electron chi connectivity index (χ1n) is 7.75. The molecule has 1 aliphatic rings. The number of ether oxygens (including phenoxy) is 1. The van der Waals surface area contributed by atoms with Crippen LogP contribution in [0.3, 0.4) is 0 Å². The van der Waals surface area contributed by atoms with E-state index in [9.17, 15) is 0 Å². The Hall–Kier alpha value is -2.38. The van der Waals surface area contributed by atoms with Crippen molar-refractivity contribution < 1.29 is 4.74 Å². The van der Waals surface area contributed by atoms with Crippen LogP contribution in [0.5, 0.6) is 0 Å². The average molecular weight is 286 g/mol. The quantitative estimate of drug-likeness (QED) is 0.614. The molecule has 0 radical (unpaired) electrons. The smallest absolute Gasteiger partial charge is 0.0869 e. The Morgan fingerprint density at radius 3 is 2.41 bits per heavy atom. The van der Waals surface area contributed by atoms with E-state index < -0.39 is 0 Å². The molecule has 0 aliphatic carbocycles. The lowest BCUT2D eigenvalue weighted by atomic mass is 9.93. The first-order valence-corrected chi connectivity index (χ1v) is 7.75. The summed E-state index contributed by atoms with van der Waals surface area (Å²) in [5, 5.41) is 2.59. The molecule has 0 saturated carbocycles. The minimum Gasteiger partial charge on any atom is -0.369 e. The Labute approximate surface area is 130 Å². The summed E-state index contributed by atoms with van der Waals surface area (Å²) in [4.78, 5) is 0. The summed E-state index contributed by atoms with van der Waals surface area (Å²) >= 11 is 0. The first kappa shape index (κ1) is 13.3. The molecule has 1 heterocycles. The zero-order valence-electron chi connectivity index (χ0n) is 12.4. The third-order valence-electron chi connectivity index (χ3n) is 4.32. The monoisotopic (exact) mass is 286 g/mol. The SMILES string of the molecule is C1=C(c2ccc3ccccc3c2)CC(c2ccccc2)OC1. The van der Waals surface area contributed by atoms with Gasteiger partial charge in [-0.05, 0) is 33.5 Å². The van der Waals surface area contributed by atoms with Crippen molar-refractivity contribution in [2.75, 3.05) is 6.61 Å². The van der Waals surface area contributed by atoms with Crippen molar-refractivity contribution in [3.63, 3.8) is 0 Å². The molecule has 1 heteroatoms. The molecule has 3 aromatic rings. The largest absolute Gasteiger partial charge is 0.369 e. The van der Waals surface area contributed by atoms with Gasteiger partial charge in [-0.3, -0.25) is 0 Å². The van der Waals surface area contributed by atoms with Gasteiger partial charge < -0.3 is 4.74 Å². The highest BCUT2D eigenvalue weighted by atomic mass is 16.5. The second-order valence-electron chi connectivity index (χ2n) is 5.73. The van der Waals surface area contributed by atoms with E-state index in [1.54, 1.807) is 0 Å². The van der Waals surface area contributed by atoms with E-state index in [2.05, 4.69) is 72.8 Å². The number of benzene rings is 3. The first-order chi connectivity index (χ1) is 10.9. The van der Waals surface area contributed by atoms with Crippen molar-refractivity contribution in [3.8, 4) is 0 Å². The maximum atomic E-state index is 5.93. The Bertz CT molecular complexity index is 817. The second kappa shape index (κ2) is 5.78. The Morgan fingerprint density at radius 2 is 1.55 bits per heavy atom. The van der Waals surface area contributed by atoms with E-state index in [-0.39, 0.29) is 6.10 Å². The van der Waals surface area contributed by atoms with Gasteiger partial charge in [0.15, 0.2) is 0 Å². The normalized spacial score (nSPS) is 18.2. The van der Waals surface area contributed by atoms with Crippen LogP contribution in [0, 0.1) is 0 Å². The molecule has 0 N–H and O–H groups in total. The van der Waals surface area contributed by atoms with Crippen molar-refractivity contribution in [2.45, 2.75) is 12.5 Å². The van der Waals surface area contributed by atoms with E-state index in [0.29, 0.717) is 6.61 Å². The van der Waals surface area contributed by atoms with Gasteiger partial charge in [0.25, 0.3) is 0 Å². The summed E-state index contributed by atoms with van der Waals surface area (Å²) in [6.07, 6.45) is 3.30.